The summed E-state index contributed by atoms with van der Waals surface area (Å²) < 4.78 is 47.5. The predicted molar refractivity (Wildman–Crippen MR) is 127 cm³/mol. The molecule has 2 aromatic carbocycles. The fourth-order valence-corrected chi connectivity index (χ4v) is 4.99. The Kier molecular flexibility index (Phi) is 5.53. The highest BCUT2D eigenvalue weighted by molar-refractivity contribution is 5.99. The van der Waals surface area contributed by atoms with Gasteiger partial charge in [-0.05, 0) is 62.3 Å². The molecule has 0 amide bonds. The Bertz CT molecular complexity index is 1350. The van der Waals surface area contributed by atoms with E-state index in [2.05, 4.69) is 0 Å². The third-order valence-electron chi connectivity index (χ3n) is 7.25. The molecule has 5 rings (SSSR count). The summed E-state index contributed by atoms with van der Waals surface area (Å²) in [6, 6.07) is 9.07. The second-order valence-electron chi connectivity index (χ2n) is 9.37. The normalized spacial score (nSPS) is 17.1. The number of carboxylic acids is 1. The van der Waals surface area contributed by atoms with Gasteiger partial charge in [-0.1, -0.05) is 12.1 Å². The first-order valence-electron chi connectivity index (χ1n) is 11.7. The standard InChI is InChI=1S/C26H25F3N2O4/c1-2-31(19-6-4-3-5-17(19)24(33)34)20-14-16(26(27,28)29)13-18-21(32)15-22(35-23(18)20)30-11-9-25(7-8-25)10-12-30/h3-6,13-15H,2,7-12H2,1H3,(H,33,34). The van der Waals surface area contributed by atoms with Crippen molar-refractivity contribution in [3.8, 4) is 0 Å². The van der Waals surface area contributed by atoms with Crippen molar-refractivity contribution in [3.63, 3.8) is 0 Å². The van der Waals surface area contributed by atoms with Gasteiger partial charge in [0.2, 0.25) is 0 Å². The number of aromatic carboxylic acids is 1. The zero-order valence-corrected chi connectivity index (χ0v) is 19.2. The second kappa shape index (κ2) is 8.32. The lowest BCUT2D eigenvalue weighted by Crippen LogP contribution is -2.34. The van der Waals surface area contributed by atoms with Crippen molar-refractivity contribution < 1.29 is 27.5 Å². The van der Waals surface area contributed by atoms with E-state index in [1.54, 1.807) is 19.1 Å². The smallest absolute Gasteiger partial charge is 0.416 e. The van der Waals surface area contributed by atoms with Crippen LogP contribution in [0.25, 0.3) is 11.0 Å². The summed E-state index contributed by atoms with van der Waals surface area (Å²) in [5, 5.41) is 9.48. The lowest BCUT2D eigenvalue weighted by atomic mass is 9.94. The molecule has 2 aliphatic rings. The molecule has 1 spiro atoms. The first-order valence-corrected chi connectivity index (χ1v) is 11.7. The van der Waals surface area contributed by atoms with Gasteiger partial charge >= 0.3 is 12.1 Å². The van der Waals surface area contributed by atoms with E-state index in [0.717, 1.165) is 25.0 Å². The molecule has 1 aliphatic heterocycles. The average Bonchev–Trinajstić information content (AvgIpc) is 3.58. The molecule has 0 unspecified atom stereocenters. The summed E-state index contributed by atoms with van der Waals surface area (Å²) in [6.45, 7) is 3.28. The van der Waals surface area contributed by atoms with Crippen LogP contribution in [0.4, 0.5) is 30.4 Å². The number of piperidine rings is 1. The fraction of sp³-hybridized carbons (Fsp3) is 0.385. The van der Waals surface area contributed by atoms with Crippen LogP contribution in [-0.2, 0) is 6.18 Å². The molecule has 184 valence electrons. The zero-order valence-electron chi connectivity index (χ0n) is 19.2. The van der Waals surface area contributed by atoms with Crippen LogP contribution in [-0.4, -0.2) is 30.7 Å². The molecule has 1 saturated heterocycles. The van der Waals surface area contributed by atoms with Crippen LogP contribution in [0.15, 0.2) is 51.7 Å². The lowest BCUT2D eigenvalue weighted by Gasteiger charge is -2.33. The number of hydrogen-bond donors (Lipinski definition) is 1. The zero-order chi connectivity index (χ0) is 25.0. The van der Waals surface area contributed by atoms with Crippen LogP contribution < -0.4 is 15.2 Å². The largest absolute Gasteiger partial charge is 0.478 e. The number of carbonyl (C=O) groups is 1. The molecule has 0 bridgehead atoms. The highest BCUT2D eigenvalue weighted by atomic mass is 19.4. The minimum absolute atomic E-state index is 0.000600. The van der Waals surface area contributed by atoms with Crippen molar-refractivity contribution in [2.45, 2.75) is 38.8 Å². The maximum Gasteiger partial charge on any atom is 0.416 e. The van der Waals surface area contributed by atoms with Gasteiger partial charge in [-0.25, -0.2) is 4.79 Å². The average molecular weight is 486 g/mol. The molecule has 1 saturated carbocycles. The van der Waals surface area contributed by atoms with Crippen molar-refractivity contribution in [1.29, 1.82) is 0 Å². The molecule has 0 radical (unpaired) electrons. The van der Waals surface area contributed by atoms with Crippen LogP contribution >= 0.6 is 0 Å². The fourth-order valence-electron chi connectivity index (χ4n) is 4.99. The van der Waals surface area contributed by atoms with Crippen LogP contribution in [0.1, 0.15) is 48.5 Å². The minimum Gasteiger partial charge on any atom is -0.478 e. The van der Waals surface area contributed by atoms with E-state index in [1.165, 1.54) is 35.9 Å². The van der Waals surface area contributed by atoms with Crippen molar-refractivity contribution >= 4 is 34.2 Å². The van der Waals surface area contributed by atoms with Crippen LogP contribution in [0, 0.1) is 5.41 Å². The first-order chi connectivity index (χ1) is 16.6. The summed E-state index contributed by atoms with van der Waals surface area (Å²) in [5.74, 6) is -0.888. The minimum atomic E-state index is -4.70. The molecule has 0 atom stereocenters. The number of carboxylic acid groups (broad SMARTS) is 1. The highest BCUT2D eigenvalue weighted by Crippen LogP contribution is 2.54. The number of alkyl halides is 3. The van der Waals surface area contributed by atoms with Gasteiger partial charge in [-0.2, -0.15) is 13.2 Å². The van der Waals surface area contributed by atoms with Gasteiger partial charge in [0.25, 0.3) is 0 Å². The summed E-state index contributed by atoms with van der Waals surface area (Å²) in [6.07, 6.45) is -0.308. The van der Waals surface area contributed by atoms with Crippen LogP contribution in [0.3, 0.4) is 0 Å². The van der Waals surface area contributed by atoms with E-state index in [4.69, 9.17) is 4.42 Å². The van der Waals surface area contributed by atoms with E-state index in [9.17, 15) is 27.9 Å². The Morgan fingerprint density at radius 3 is 2.37 bits per heavy atom. The molecule has 6 nitrogen and oxygen atoms in total. The predicted octanol–water partition coefficient (Wildman–Crippen LogP) is 6.05. The first kappa shape index (κ1) is 23.3. The van der Waals surface area contributed by atoms with Gasteiger partial charge < -0.3 is 19.3 Å². The second-order valence-corrected chi connectivity index (χ2v) is 9.37. The number of para-hydroxylation sites is 1. The monoisotopic (exact) mass is 486 g/mol. The van der Waals surface area contributed by atoms with Gasteiger partial charge in [0.15, 0.2) is 16.9 Å². The van der Waals surface area contributed by atoms with Crippen LogP contribution in [0.5, 0.6) is 0 Å². The summed E-state index contributed by atoms with van der Waals surface area (Å²) in [5.41, 5.74) is -1.01. The number of rotatable bonds is 5. The molecule has 35 heavy (non-hydrogen) atoms. The highest BCUT2D eigenvalue weighted by Gasteiger charge is 2.44. The number of nitrogens with zero attached hydrogens (tertiary/aromatic N) is 2. The number of anilines is 3. The van der Waals surface area contributed by atoms with Crippen molar-refractivity contribution in [3.05, 3.63) is 63.8 Å². The molecule has 1 N–H and O–H groups in total. The number of fused-ring (bicyclic) bond motifs is 1. The van der Waals surface area contributed by atoms with E-state index >= 15 is 0 Å². The van der Waals surface area contributed by atoms with E-state index < -0.39 is 23.1 Å². The Morgan fingerprint density at radius 2 is 1.77 bits per heavy atom. The van der Waals surface area contributed by atoms with Gasteiger partial charge in [-0.15, -0.1) is 0 Å². The van der Waals surface area contributed by atoms with Gasteiger partial charge in [0.05, 0.1) is 27.9 Å². The topological polar surface area (TPSA) is 74.0 Å². The van der Waals surface area contributed by atoms with E-state index in [0.29, 0.717) is 24.4 Å². The van der Waals surface area contributed by atoms with Gasteiger partial charge in [-0.3, -0.25) is 4.79 Å². The third kappa shape index (κ3) is 4.24. The maximum atomic E-state index is 13.8. The molecule has 2 heterocycles. The summed E-state index contributed by atoms with van der Waals surface area (Å²) in [4.78, 5) is 28.3. The Morgan fingerprint density at radius 1 is 1.09 bits per heavy atom. The Balaban J connectivity index is 1.70. The van der Waals surface area contributed by atoms with Crippen molar-refractivity contribution in [2.24, 2.45) is 5.41 Å². The molecule has 1 aliphatic carbocycles. The van der Waals surface area contributed by atoms with Crippen molar-refractivity contribution in [2.75, 3.05) is 29.4 Å². The van der Waals surface area contributed by atoms with Gasteiger partial charge in [0, 0.05) is 25.7 Å². The van der Waals surface area contributed by atoms with Crippen molar-refractivity contribution in [1.82, 2.24) is 0 Å². The third-order valence-corrected chi connectivity index (χ3v) is 7.25. The van der Waals surface area contributed by atoms with E-state index in [1.807, 2.05) is 4.90 Å². The van der Waals surface area contributed by atoms with E-state index in [-0.39, 0.29) is 34.5 Å². The summed E-state index contributed by atoms with van der Waals surface area (Å²) in [7, 11) is 0. The maximum absolute atomic E-state index is 13.8. The molecular weight excluding hydrogens is 461 g/mol. The molecule has 9 heteroatoms. The number of halogens is 3. The molecule has 2 fully saturated rings. The summed E-state index contributed by atoms with van der Waals surface area (Å²) >= 11 is 0. The van der Waals surface area contributed by atoms with Crippen LogP contribution in [0.2, 0.25) is 0 Å². The lowest BCUT2D eigenvalue weighted by molar-refractivity contribution is -0.137. The molecule has 1 aromatic heterocycles. The number of hydrogen-bond acceptors (Lipinski definition) is 5. The Hall–Kier alpha value is -3.49. The van der Waals surface area contributed by atoms with Gasteiger partial charge in [0.1, 0.15) is 0 Å². The SMILES string of the molecule is CCN(c1ccccc1C(=O)O)c1cc(C(F)(F)F)cc2c(=O)cc(N3CCC4(CC3)CC4)oc12. The number of benzene rings is 2. The molecular formula is C26H25F3N2O4. The molecule has 3 aromatic rings. The Labute approximate surface area is 199 Å². The quantitative estimate of drug-likeness (QED) is 0.473.